The van der Waals surface area contributed by atoms with Crippen molar-refractivity contribution in [1.29, 1.82) is 0 Å². The van der Waals surface area contributed by atoms with E-state index in [2.05, 4.69) is 80.4 Å². The third kappa shape index (κ3) is 3.38. The summed E-state index contributed by atoms with van der Waals surface area (Å²) in [6, 6.07) is 19.3. The molecular formula is C25H31N. The summed E-state index contributed by atoms with van der Waals surface area (Å²) in [7, 11) is 2.35. The molecule has 4 rings (SSSR count). The molecule has 2 bridgehead atoms. The van der Waals surface area contributed by atoms with Gasteiger partial charge in [0.05, 0.1) is 0 Å². The van der Waals surface area contributed by atoms with Crippen molar-refractivity contribution in [2.75, 3.05) is 7.05 Å². The summed E-state index contributed by atoms with van der Waals surface area (Å²) < 4.78 is 0. The summed E-state index contributed by atoms with van der Waals surface area (Å²) in [4.78, 5) is 2.66. The highest BCUT2D eigenvalue weighted by atomic mass is 15.2. The number of nitrogens with zero attached hydrogens (tertiary/aromatic N) is 1. The van der Waals surface area contributed by atoms with Crippen molar-refractivity contribution in [3.63, 3.8) is 0 Å². The van der Waals surface area contributed by atoms with Gasteiger partial charge in [-0.2, -0.15) is 0 Å². The van der Waals surface area contributed by atoms with Crippen molar-refractivity contribution in [3.05, 3.63) is 76.9 Å². The van der Waals surface area contributed by atoms with E-state index >= 15 is 0 Å². The number of benzene rings is 2. The molecule has 2 aliphatic rings. The average Bonchev–Trinajstić information content (AvgIpc) is 2.62. The number of hydrogen-bond acceptors (Lipinski definition) is 1. The molecule has 2 aromatic rings. The highest BCUT2D eigenvalue weighted by molar-refractivity contribution is 5.82. The summed E-state index contributed by atoms with van der Waals surface area (Å²) in [5, 5.41) is 0. The Morgan fingerprint density at radius 1 is 0.846 bits per heavy atom. The van der Waals surface area contributed by atoms with E-state index < -0.39 is 0 Å². The fourth-order valence-electron chi connectivity index (χ4n) is 5.10. The molecule has 3 atom stereocenters. The van der Waals surface area contributed by atoms with E-state index in [0.29, 0.717) is 5.92 Å². The lowest BCUT2D eigenvalue weighted by molar-refractivity contribution is 0.0486. The maximum atomic E-state index is 2.66. The van der Waals surface area contributed by atoms with E-state index in [0.717, 1.165) is 12.1 Å². The highest BCUT2D eigenvalue weighted by Crippen LogP contribution is 2.39. The first-order chi connectivity index (χ1) is 12.6. The predicted octanol–water partition coefficient (Wildman–Crippen LogP) is 6.00. The standard InChI is InChI=1S/C25H31N/c1-18-9-4-6-13-23(18)25(24-14-7-5-10-19(24)2)17-20-15-21-11-8-12-22(16-20)26(21)3/h4-7,9-10,13-14,17,20-22H,8,11-12,15-16H2,1-3H3/t20?,21-,22+. The third-order valence-corrected chi connectivity index (χ3v) is 6.65. The molecule has 0 N–H and O–H groups in total. The molecule has 2 heterocycles. The normalized spacial score (nSPS) is 25.7. The second kappa shape index (κ2) is 7.40. The molecule has 0 saturated carbocycles. The first-order valence-electron chi connectivity index (χ1n) is 10.2. The second-order valence-corrected chi connectivity index (χ2v) is 8.35. The molecule has 2 aliphatic heterocycles. The van der Waals surface area contributed by atoms with Crippen molar-refractivity contribution in [2.45, 2.75) is 58.0 Å². The molecule has 2 fully saturated rings. The number of allylic oxidation sites excluding steroid dienone is 1. The predicted molar refractivity (Wildman–Crippen MR) is 111 cm³/mol. The van der Waals surface area contributed by atoms with Crippen LogP contribution in [0.5, 0.6) is 0 Å². The van der Waals surface area contributed by atoms with Gasteiger partial charge < -0.3 is 4.90 Å². The summed E-state index contributed by atoms with van der Waals surface area (Å²) in [5.74, 6) is 0.690. The summed E-state index contributed by atoms with van der Waals surface area (Å²) >= 11 is 0. The second-order valence-electron chi connectivity index (χ2n) is 8.35. The van der Waals surface area contributed by atoms with Gasteiger partial charge in [-0.15, -0.1) is 0 Å². The van der Waals surface area contributed by atoms with E-state index in [4.69, 9.17) is 0 Å². The molecule has 2 aromatic carbocycles. The van der Waals surface area contributed by atoms with Crippen molar-refractivity contribution < 1.29 is 0 Å². The van der Waals surface area contributed by atoms with Crippen LogP contribution in [0.2, 0.25) is 0 Å². The van der Waals surface area contributed by atoms with Gasteiger partial charge in [-0.25, -0.2) is 0 Å². The minimum Gasteiger partial charge on any atom is -0.300 e. The quantitative estimate of drug-likeness (QED) is 0.659. The van der Waals surface area contributed by atoms with E-state index in [9.17, 15) is 0 Å². The largest absolute Gasteiger partial charge is 0.300 e. The maximum Gasteiger partial charge on any atom is 0.0101 e. The minimum absolute atomic E-state index is 0.690. The topological polar surface area (TPSA) is 3.24 Å². The lowest BCUT2D eigenvalue weighted by Crippen LogP contribution is -2.49. The van der Waals surface area contributed by atoms with Gasteiger partial charge in [-0.3, -0.25) is 0 Å². The zero-order valence-corrected chi connectivity index (χ0v) is 16.4. The molecule has 0 spiro atoms. The van der Waals surface area contributed by atoms with Crippen molar-refractivity contribution in [3.8, 4) is 0 Å². The van der Waals surface area contributed by atoms with Crippen LogP contribution in [0.1, 0.15) is 54.4 Å². The molecule has 1 heteroatoms. The molecule has 1 nitrogen and oxygen atoms in total. The molecule has 0 aromatic heterocycles. The smallest absolute Gasteiger partial charge is 0.0101 e. The van der Waals surface area contributed by atoms with Gasteiger partial charge >= 0.3 is 0 Å². The molecular weight excluding hydrogens is 314 g/mol. The van der Waals surface area contributed by atoms with Crippen molar-refractivity contribution >= 4 is 5.57 Å². The number of fused-ring (bicyclic) bond motifs is 2. The van der Waals surface area contributed by atoms with Crippen LogP contribution >= 0.6 is 0 Å². The maximum absolute atomic E-state index is 2.66. The Bertz CT molecular complexity index is 742. The Hall–Kier alpha value is -1.86. The van der Waals surface area contributed by atoms with Crippen molar-refractivity contribution in [1.82, 2.24) is 4.90 Å². The van der Waals surface area contributed by atoms with Crippen LogP contribution in [0.3, 0.4) is 0 Å². The van der Waals surface area contributed by atoms with Gasteiger partial charge in [0.25, 0.3) is 0 Å². The zero-order valence-electron chi connectivity index (χ0n) is 16.4. The third-order valence-electron chi connectivity index (χ3n) is 6.65. The van der Waals surface area contributed by atoms with Gasteiger partial charge in [0.2, 0.25) is 0 Å². The fourth-order valence-corrected chi connectivity index (χ4v) is 5.10. The molecule has 2 saturated heterocycles. The first kappa shape index (κ1) is 17.5. The number of aryl methyl sites for hydroxylation is 2. The molecule has 0 amide bonds. The average molecular weight is 346 g/mol. The molecule has 26 heavy (non-hydrogen) atoms. The van der Waals surface area contributed by atoms with Crippen LogP contribution in [-0.2, 0) is 0 Å². The molecule has 1 unspecified atom stereocenters. The molecule has 136 valence electrons. The zero-order chi connectivity index (χ0) is 18.1. The molecule has 0 radical (unpaired) electrons. The summed E-state index contributed by atoms with van der Waals surface area (Å²) in [5.41, 5.74) is 6.97. The lowest BCUT2D eigenvalue weighted by Gasteiger charge is -2.46. The minimum atomic E-state index is 0.690. The lowest BCUT2D eigenvalue weighted by atomic mass is 9.77. The van der Waals surface area contributed by atoms with Crippen LogP contribution in [0, 0.1) is 19.8 Å². The van der Waals surface area contributed by atoms with E-state index in [1.807, 2.05) is 0 Å². The van der Waals surface area contributed by atoms with Gasteiger partial charge in [0.1, 0.15) is 0 Å². The Morgan fingerprint density at radius 3 is 1.85 bits per heavy atom. The number of rotatable bonds is 3. The Kier molecular flexibility index (Phi) is 5.00. The van der Waals surface area contributed by atoms with Gasteiger partial charge in [-0.1, -0.05) is 61.0 Å². The SMILES string of the molecule is Cc1ccccc1C(=CC1C[C@H]2CCC[C@@H](C1)N2C)c1ccccc1C. The van der Waals surface area contributed by atoms with E-state index in [1.54, 1.807) is 0 Å². The van der Waals surface area contributed by atoms with Crippen LogP contribution in [-0.4, -0.2) is 24.0 Å². The van der Waals surface area contributed by atoms with Crippen LogP contribution in [0.25, 0.3) is 5.57 Å². The van der Waals surface area contributed by atoms with Crippen molar-refractivity contribution in [2.24, 2.45) is 5.92 Å². The summed E-state index contributed by atoms with van der Waals surface area (Å²) in [6.45, 7) is 4.48. The van der Waals surface area contributed by atoms with Crippen LogP contribution in [0.4, 0.5) is 0 Å². The Morgan fingerprint density at radius 2 is 1.35 bits per heavy atom. The van der Waals surface area contributed by atoms with Gasteiger partial charge in [0, 0.05) is 12.1 Å². The Labute approximate surface area is 158 Å². The highest BCUT2D eigenvalue weighted by Gasteiger charge is 2.35. The molecule has 0 aliphatic carbocycles. The summed E-state index contributed by atoms with van der Waals surface area (Å²) in [6.07, 6.45) is 9.41. The van der Waals surface area contributed by atoms with Crippen LogP contribution in [0.15, 0.2) is 54.6 Å². The van der Waals surface area contributed by atoms with E-state index in [1.165, 1.54) is 59.9 Å². The first-order valence-corrected chi connectivity index (χ1v) is 10.2. The van der Waals surface area contributed by atoms with Gasteiger partial charge in [0.15, 0.2) is 0 Å². The number of hydrogen-bond donors (Lipinski definition) is 0. The Balaban J connectivity index is 1.75. The fraction of sp³-hybridized carbons (Fsp3) is 0.440. The van der Waals surface area contributed by atoms with E-state index in [-0.39, 0.29) is 0 Å². The monoisotopic (exact) mass is 345 g/mol. The van der Waals surface area contributed by atoms with Gasteiger partial charge in [-0.05, 0) is 80.3 Å². The number of piperidine rings is 2. The van der Waals surface area contributed by atoms with Crippen LogP contribution < -0.4 is 0 Å².